The smallest absolute Gasteiger partial charge is 0.203 e. The van der Waals surface area contributed by atoms with E-state index in [4.69, 9.17) is 19.2 Å². The molecule has 2 fully saturated rings. The zero-order valence-electron chi connectivity index (χ0n) is 18.7. The Morgan fingerprint density at radius 2 is 1.80 bits per heavy atom. The number of H-pyrrole nitrogens is 1. The van der Waals surface area contributed by atoms with E-state index in [1.165, 1.54) is 31.2 Å². The molecule has 2 heterocycles. The molecule has 1 N–H and O–H groups in total. The first-order valence-corrected chi connectivity index (χ1v) is 11.0. The molecule has 2 aliphatic rings. The van der Waals surface area contributed by atoms with Gasteiger partial charge >= 0.3 is 0 Å². The summed E-state index contributed by atoms with van der Waals surface area (Å²) in [5.41, 5.74) is 1.46. The van der Waals surface area contributed by atoms with Gasteiger partial charge in [0.25, 0.3) is 0 Å². The highest BCUT2D eigenvalue weighted by Crippen LogP contribution is 2.53. The molecule has 30 heavy (non-hydrogen) atoms. The summed E-state index contributed by atoms with van der Waals surface area (Å²) >= 11 is 0. The fraction of sp³-hybridized carbons (Fsp3) is 0.652. The van der Waals surface area contributed by atoms with E-state index in [0.717, 1.165) is 44.1 Å². The molecule has 1 aromatic carbocycles. The van der Waals surface area contributed by atoms with Crippen LogP contribution in [0.2, 0.25) is 0 Å². The molecular formula is C23H34N4O3. The number of aryl methyl sites for hydroxylation is 1. The summed E-state index contributed by atoms with van der Waals surface area (Å²) in [6.45, 7) is 5.10. The Bertz CT molecular complexity index is 835. The molecule has 7 heteroatoms. The van der Waals surface area contributed by atoms with Gasteiger partial charge in [-0.3, -0.25) is 10.00 Å². The molecule has 0 bridgehead atoms. The van der Waals surface area contributed by atoms with Gasteiger partial charge in [0.2, 0.25) is 5.75 Å². The molecule has 1 aromatic heterocycles. The molecule has 1 saturated heterocycles. The highest BCUT2D eigenvalue weighted by Gasteiger charge is 2.50. The number of ether oxygens (including phenoxy) is 3. The zero-order chi connectivity index (χ0) is 21.1. The normalized spacial score (nSPS) is 20.7. The summed E-state index contributed by atoms with van der Waals surface area (Å²) in [5.74, 6) is 4.47. The molecule has 1 atom stereocenters. The van der Waals surface area contributed by atoms with Crippen LogP contribution in [0.1, 0.15) is 62.2 Å². The van der Waals surface area contributed by atoms with Gasteiger partial charge in [-0.2, -0.15) is 5.10 Å². The number of aromatic amines is 1. The van der Waals surface area contributed by atoms with Crippen LogP contribution in [-0.4, -0.2) is 54.5 Å². The molecule has 1 aliphatic carbocycles. The first kappa shape index (κ1) is 21.0. The molecule has 4 rings (SSSR count). The van der Waals surface area contributed by atoms with E-state index in [1.807, 2.05) is 0 Å². The lowest BCUT2D eigenvalue weighted by Gasteiger charge is -2.28. The van der Waals surface area contributed by atoms with Crippen LogP contribution in [0.5, 0.6) is 17.2 Å². The van der Waals surface area contributed by atoms with E-state index < -0.39 is 0 Å². The number of rotatable bonds is 8. The Morgan fingerprint density at radius 3 is 2.40 bits per heavy atom. The van der Waals surface area contributed by atoms with Crippen molar-refractivity contribution in [1.29, 1.82) is 0 Å². The van der Waals surface area contributed by atoms with Gasteiger partial charge in [0, 0.05) is 32.0 Å². The van der Waals surface area contributed by atoms with Gasteiger partial charge in [-0.15, -0.1) is 0 Å². The summed E-state index contributed by atoms with van der Waals surface area (Å²) < 4.78 is 16.6. The van der Waals surface area contributed by atoms with E-state index >= 15 is 0 Å². The highest BCUT2D eigenvalue weighted by atomic mass is 16.5. The average molecular weight is 415 g/mol. The molecule has 0 radical (unpaired) electrons. The van der Waals surface area contributed by atoms with E-state index in [-0.39, 0.29) is 0 Å². The number of nitrogens with one attached hydrogen (secondary N) is 1. The Morgan fingerprint density at radius 1 is 1.10 bits per heavy atom. The number of aromatic nitrogens is 3. The Labute approximate surface area is 179 Å². The lowest BCUT2D eigenvalue weighted by Crippen LogP contribution is -2.27. The summed E-state index contributed by atoms with van der Waals surface area (Å²) in [6.07, 6.45) is 7.18. The van der Waals surface area contributed by atoms with E-state index in [1.54, 1.807) is 21.3 Å². The standard InChI is InChI=1S/C23H34N4O3/c1-5-8-20-24-22(26-25-20)17-14-27(15-23(17)9-6-7-10-23)13-16-11-18(28-2)21(30-4)19(12-16)29-3/h11-12,17H,5-10,13-15H2,1-4H3,(H,24,25,26). The van der Waals surface area contributed by atoms with Crippen LogP contribution in [0.25, 0.3) is 0 Å². The third-order valence-electron chi connectivity index (χ3n) is 6.80. The van der Waals surface area contributed by atoms with Crippen LogP contribution < -0.4 is 14.2 Å². The number of benzene rings is 1. The van der Waals surface area contributed by atoms with Gasteiger partial charge in [0.1, 0.15) is 5.82 Å². The van der Waals surface area contributed by atoms with Gasteiger partial charge in [0.15, 0.2) is 17.3 Å². The van der Waals surface area contributed by atoms with Crippen molar-refractivity contribution < 1.29 is 14.2 Å². The quantitative estimate of drug-likeness (QED) is 0.705. The fourth-order valence-electron chi connectivity index (χ4n) is 5.43. The van der Waals surface area contributed by atoms with Gasteiger partial charge in [-0.1, -0.05) is 19.8 Å². The van der Waals surface area contributed by atoms with Crippen molar-refractivity contribution in [2.45, 2.75) is 57.9 Å². The van der Waals surface area contributed by atoms with Crippen molar-refractivity contribution in [3.05, 3.63) is 29.3 Å². The number of hydrogen-bond donors (Lipinski definition) is 1. The maximum absolute atomic E-state index is 5.55. The third kappa shape index (κ3) is 3.87. The minimum Gasteiger partial charge on any atom is -0.493 e. The van der Waals surface area contributed by atoms with Crippen molar-refractivity contribution in [3.63, 3.8) is 0 Å². The topological polar surface area (TPSA) is 72.5 Å². The van der Waals surface area contributed by atoms with Gasteiger partial charge in [0.05, 0.1) is 21.3 Å². The van der Waals surface area contributed by atoms with Crippen molar-refractivity contribution in [2.75, 3.05) is 34.4 Å². The van der Waals surface area contributed by atoms with Gasteiger partial charge in [-0.25, -0.2) is 4.98 Å². The number of nitrogens with zero attached hydrogens (tertiary/aromatic N) is 3. The lowest BCUT2D eigenvalue weighted by molar-refractivity contribution is 0.244. The summed E-state index contributed by atoms with van der Waals surface area (Å²) in [7, 11) is 4.97. The number of likely N-dealkylation sites (tertiary alicyclic amines) is 1. The largest absolute Gasteiger partial charge is 0.493 e. The summed E-state index contributed by atoms with van der Waals surface area (Å²) in [4.78, 5) is 7.42. The van der Waals surface area contributed by atoms with Crippen LogP contribution in [0.3, 0.4) is 0 Å². The minimum absolute atomic E-state index is 0.298. The SMILES string of the molecule is CCCc1nc(C2CN(Cc3cc(OC)c(OC)c(OC)c3)CC23CCCC3)n[nH]1. The Balaban J connectivity index is 1.57. The van der Waals surface area contributed by atoms with Crippen molar-refractivity contribution in [1.82, 2.24) is 20.1 Å². The number of hydrogen-bond acceptors (Lipinski definition) is 6. The van der Waals surface area contributed by atoms with Crippen LogP contribution >= 0.6 is 0 Å². The predicted molar refractivity (Wildman–Crippen MR) is 115 cm³/mol. The molecule has 1 aliphatic heterocycles. The average Bonchev–Trinajstić information content (AvgIpc) is 3.49. The van der Waals surface area contributed by atoms with Crippen LogP contribution in [0.4, 0.5) is 0 Å². The highest BCUT2D eigenvalue weighted by molar-refractivity contribution is 5.53. The van der Waals surface area contributed by atoms with Crippen molar-refractivity contribution in [2.24, 2.45) is 5.41 Å². The monoisotopic (exact) mass is 414 g/mol. The lowest BCUT2D eigenvalue weighted by atomic mass is 9.76. The maximum Gasteiger partial charge on any atom is 0.203 e. The molecule has 1 unspecified atom stereocenters. The fourth-order valence-corrected chi connectivity index (χ4v) is 5.43. The van der Waals surface area contributed by atoms with Crippen molar-refractivity contribution in [3.8, 4) is 17.2 Å². The summed E-state index contributed by atoms with van der Waals surface area (Å²) in [6, 6.07) is 4.12. The van der Waals surface area contributed by atoms with Crippen LogP contribution in [0, 0.1) is 5.41 Å². The Hall–Kier alpha value is -2.28. The second-order valence-electron chi connectivity index (χ2n) is 8.72. The van der Waals surface area contributed by atoms with Gasteiger partial charge < -0.3 is 14.2 Å². The second-order valence-corrected chi connectivity index (χ2v) is 8.72. The Kier molecular flexibility index (Phi) is 6.18. The summed E-state index contributed by atoms with van der Waals surface area (Å²) in [5, 5.41) is 7.81. The number of methoxy groups -OCH3 is 3. The molecule has 0 amide bonds. The van der Waals surface area contributed by atoms with E-state index in [0.29, 0.717) is 28.6 Å². The molecule has 2 aromatic rings. The van der Waals surface area contributed by atoms with Crippen molar-refractivity contribution >= 4 is 0 Å². The van der Waals surface area contributed by atoms with Crippen LogP contribution in [-0.2, 0) is 13.0 Å². The molecule has 164 valence electrons. The maximum atomic E-state index is 5.55. The minimum atomic E-state index is 0.298. The van der Waals surface area contributed by atoms with Gasteiger partial charge in [-0.05, 0) is 42.4 Å². The molecule has 1 saturated carbocycles. The predicted octanol–water partition coefficient (Wildman–Crippen LogP) is 3.94. The molecule has 1 spiro atoms. The first-order valence-electron chi connectivity index (χ1n) is 11.0. The second kappa shape index (κ2) is 8.84. The van der Waals surface area contributed by atoms with Crippen LogP contribution in [0.15, 0.2) is 12.1 Å². The zero-order valence-corrected chi connectivity index (χ0v) is 18.7. The molecule has 7 nitrogen and oxygen atoms in total. The van der Waals surface area contributed by atoms with E-state index in [2.05, 4.69) is 34.2 Å². The van der Waals surface area contributed by atoms with E-state index in [9.17, 15) is 0 Å². The first-order chi connectivity index (χ1) is 14.6. The third-order valence-corrected chi connectivity index (χ3v) is 6.80. The molecular weight excluding hydrogens is 380 g/mol.